The number of nitrogens with zero attached hydrogens (tertiary/aromatic N) is 1. The van der Waals surface area contributed by atoms with Gasteiger partial charge in [-0.1, -0.05) is 32.0 Å². The van der Waals surface area contributed by atoms with Gasteiger partial charge in [-0.05, 0) is 41.8 Å². The smallest absolute Gasteiger partial charge is 0.255 e. The zero-order valence-corrected chi connectivity index (χ0v) is 15.0. The van der Waals surface area contributed by atoms with Gasteiger partial charge < -0.3 is 10.1 Å². The van der Waals surface area contributed by atoms with Crippen LogP contribution >= 0.6 is 11.3 Å². The summed E-state index contributed by atoms with van der Waals surface area (Å²) in [5, 5.41) is 4.95. The summed E-state index contributed by atoms with van der Waals surface area (Å²) in [7, 11) is 0. The zero-order valence-electron chi connectivity index (χ0n) is 14.2. The highest BCUT2D eigenvalue weighted by molar-refractivity contribution is 7.07. The lowest BCUT2D eigenvalue weighted by Gasteiger charge is -2.13. The fourth-order valence-electron chi connectivity index (χ4n) is 2.48. The number of aromatic nitrogens is 1. The SMILES string of the molecule is CC(C)c1ccccc1NC(=O)c1ccc(OCc2cscn2)cc1. The topological polar surface area (TPSA) is 51.2 Å². The van der Waals surface area contributed by atoms with Crippen LogP contribution in [-0.4, -0.2) is 10.9 Å². The van der Waals surface area contributed by atoms with Gasteiger partial charge in [0.25, 0.3) is 5.91 Å². The van der Waals surface area contributed by atoms with Crippen LogP contribution in [0.15, 0.2) is 59.4 Å². The molecule has 0 aliphatic rings. The van der Waals surface area contributed by atoms with Crippen LogP contribution < -0.4 is 10.1 Å². The molecule has 128 valence electrons. The molecule has 0 aliphatic carbocycles. The maximum absolute atomic E-state index is 12.5. The van der Waals surface area contributed by atoms with Crippen LogP contribution in [0.3, 0.4) is 0 Å². The Morgan fingerprint density at radius 3 is 2.60 bits per heavy atom. The molecule has 1 N–H and O–H groups in total. The minimum Gasteiger partial charge on any atom is -0.487 e. The van der Waals surface area contributed by atoms with E-state index < -0.39 is 0 Å². The van der Waals surface area contributed by atoms with Crippen LogP contribution in [0.2, 0.25) is 0 Å². The number of para-hydroxylation sites is 1. The predicted molar refractivity (Wildman–Crippen MR) is 101 cm³/mol. The molecule has 4 nitrogen and oxygen atoms in total. The molecule has 0 fully saturated rings. The number of benzene rings is 2. The molecule has 2 aromatic carbocycles. The van der Waals surface area contributed by atoms with Crippen molar-refractivity contribution in [2.75, 3.05) is 5.32 Å². The number of nitrogens with one attached hydrogen (secondary N) is 1. The highest BCUT2D eigenvalue weighted by Gasteiger charge is 2.11. The van der Waals surface area contributed by atoms with Gasteiger partial charge in [0, 0.05) is 16.6 Å². The van der Waals surface area contributed by atoms with Crippen LogP contribution in [-0.2, 0) is 6.61 Å². The monoisotopic (exact) mass is 352 g/mol. The van der Waals surface area contributed by atoms with Crippen molar-refractivity contribution in [2.45, 2.75) is 26.4 Å². The van der Waals surface area contributed by atoms with Crippen LogP contribution in [0.1, 0.15) is 41.4 Å². The highest BCUT2D eigenvalue weighted by Crippen LogP contribution is 2.24. The van der Waals surface area contributed by atoms with E-state index in [-0.39, 0.29) is 5.91 Å². The lowest BCUT2D eigenvalue weighted by atomic mass is 10.0. The van der Waals surface area contributed by atoms with E-state index in [2.05, 4.69) is 24.1 Å². The lowest BCUT2D eigenvalue weighted by molar-refractivity contribution is 0.102. The summed E-state index contributed by atoms with van der Waals surface area (Å²) in [6.07, 6.45) is 0. The van der Waals surface area contributed by atoms with Gasteiger partial charge in [0.2, 0.25) is 0 Å². The van der Waals surface area contributed by atoms with Crippen molar-refractivity contribution in [1.82, 2.24) is 4.98 Å². The second-order valence-corrected chi connectivity index (χ2v) is 6.71. The predicted octanol–water partition coefficient (Wildman–Crippen LogP) is 5.10. The molecule has 0 aliphatic heterocycles. The number of hydrogen-bond donors (Lipinski definition) is 1. The zero-order chi connectivity index (χ0) is 17.6. The second kappa shape index (κ2) is 7.94. The first-order chi connectivity index (χ1) is 12.1. The van der Waals surface area contributed by atoms with Crippen LogP contribution in [0.4, 0.5) is 5.69 Å². The van der Waals surface area contributed by atoms with Crippen molar-refractivity contribution in [1.29, 1.82) is 0 Å². The Morgan fingerprint density at radius 2 is 1.92 bits per heavy atom. The molecule has 3 aromatic rings. The van der Waals surface area contributed by atoms with Crippen molar-refractivity contribution in [3.05, 3.63) is 76.2 Å². The summed E-state index contributed by atoms with van der Waals surface area (Å²) < 4.78 is 5.67. The largest absolute Gasteiger partial charge is 0.487 e. The Morgan fingerprint density at radius 1 is 1.16 bits per heavy atom. The van der Waals surface area contributed by atoms with Gasteiger partial charge in [-0.3, -0.25) is 4.79 Å². The van der Waals surface area contributed by atoms with E-state index in [0.717, 1.165) is 16.9 Å². The van der Waals surface area contributed by atoms with Gasteiger partial charge in [0.15, 0.2) is 0 Å². The first kappa shape index (κ1) is 17.2. The highest BCUT2D eigenvalue weighted by atomic mass is 32.1. The molecule has 5 heteroatoms. The third-order valence-corrected chi connectivity index (χ3v) is 4.45. The van der Waals surface area contributed by atoms with Gasteiger partial charge in [-0.2, -0.15) is 0 Å². The summed E-state index contributed by atoms with van der Waals surface area (Å²) in [5.41, 5.74) is 5.25. The molecule has 25 heavy (non-hydrogen) atoms. The average Bonchev–Trinajstić information content (AvgIpc) is 3.14. The summed E-state index contributed by atoms with van der Waals surface area (Å²) in [6, 6.07) is 15.0. The molecule has 1 heterocycles. The van der Waals surface area contributed by atoms with Gasteiger partial charge in [-0.25, -0.2) is 4.98 Å². The Hall–Kier alpha value is -2.66. The van der Waals surface area contributed by atoms with Crippen molar-refractivity contribution >= 4 is 22.9 Å². The third-order valence-electron chi connectivity index (χ3n) is 3.82. The van der Waals surface area contributed by atoms with E-state index in [0.29, 0.717) is 23.8 Å². The standard InChI is InChI=1S/C20H20N2O2S/c1-14(2)18-5-3-4-6-19(18)22-20(23)15-7-9-17(10-8-15)24-11-16-12-25-13-21-16/h3-10,12-14H,11H2,1-2H3,(H,22,23). The molecule has 0 saturated carbocycles. The van der Waals surface area contributed by atoms with Crippen LogP contribution in [0.25, 0.3) is 0 Å². The molecule has 1 aromatic heterocycles. The van der Waals surface area contributed by atoms with Crippen LogP contribution in [0.5, 0.6) is 5.75 Å². The van der Waals surface area contributed by atoms with Gasteiger partial charge in [0.1, 0.15) is 12.4 Å². The minimum atomic E-state index is -0.126. The normalized spacial score (nSPS) is 10.7. The van der Waals surface area contributed by atoms with Crippen molar-refractivity contribution in [3.63, 3.8) is 0 Å². The van der Waals surface area contributed by atoms with E-state index in [1.165, 1.54) is 0 Å². The van der Waals surface area contributed by atoms with Gasteiger partial charge in [0.05, 0.1) is 11.2 Å². The third kappa shape index (κ3) is 4.45. The number of amides is 1. The lowest BCUT2D eigenvalue weighted by Crippen LogP contribution is -2.13. The first-order valence-corrected chi connectivity index (χ1v) is 9.08. The molecular weight excluding hydrogens is 332 g/mol. The quantitative estimate of drug-likeness (QED) is 0.671. The average molecular weight is 352 g/mol. The minimum absolute atomic E-state index is 0.126. The summed E-state index contributed by atoms with van der Waals surface area (Å²) in [4.78, 5) is 16.7. The maximum atomic E-state index is 12.5. The number of anilines is 1. The number of carbonyl (C=O) groups excluding carboxylic acids is 1. The molecule has 0 radical (unpaired) electrons. The molecule has 0 saturated heterocycles. The van der Waals surface area contributed by atoms with Crippen molar-refractivity contribution in [2.24, 2.45) is 0 Å². The van der Waals surface area contributed by atoms with E-state index >= 15 is 0 Å². The molecule has 3 rings (SSSR count). The van der Waals surface area contributed by atoms with E-state index in [4.69, 9.17) is 4.74 Å². The number of rotatable bonds is 6. The van der Waals surface area contributed by atoms with E-state index in [1.54, 1.807) is 41.1 Å². The van der Waals surface area contributed by atoms with E-state index in [9.17, 15) is 4.79 Å². The summed E-state index contributed by atoms with van der Waals surface area (Å²) in [5.74, 6) is 0.935. The number of carbonyl (C=O) groups is 1. The molecular formula is C20H20N2O2S. The maximum Gasteiger partial charge on any atom is 0.255 e. The Balaban J connectivity index is 1.65. The molecule has 1 amide bonds. The summed E-state index contributed by atoms with van der Waals surface area (Å²) >= 11 is 1.54. The van der Waals surface area contributed by atoms with Gasteiger partial charge in [-0.15, -0.1) is 11.3 Å². The fraction of sp³-hybridized carbons (Fsp3) is 0.200. The van der Waals surface area contributed by atoms with Crippen molar-refractivity contribution < 1.29 is 9.53 Å². The summed E-state index contributed by atoms with van der Waals surface area (Å²) in [6.45, 7) is 4.65. The van der Waals surface area contributed by atoms with E-state index in [1.807, 2.05) is 29.6 Å². The first-order valence-electron chi connectivity index (χ1n) is 8.13. The Bertz CT molecular complexity index is 827. The number of hydrogen-bond acceptors (Lipinski definition) is 4. The molecule has 0 atom stereocenters. The molecule has 0 unspecified atom stereocenters. The number of thiazole rings is 1. The molecule has 0 bridgehead atoms. The van der Waals surface area contributed by atoms with Crippen LogP contribution in [0, 0.1) is 0 Å². The molecule has 0 spiro atoms. The Kier molecular flexibility index (Phi) is 5.46. The number of ether oxygens (including phenoxy) is 1. The Labute approximate surface area is 151 Å². The van der Waals surface area contributed by atoms with Gasteiger partial charge >= 0.3 is 0 Å². The fourth-order valence-corrected chi connectivity index (χ4v) is 3.02. The second-order valence-electron chi connectivity index (χ2n) is 5.99. The van der Waals surface area contributed by atoms with Crippen molar-refractivity contribution in [3.8, 4) is 5.75 Å².